The molecule has 2 heteroatoms. The van der Waals surface area contributed by atoms with Crippen LogP contribution in [-0.4, -0.2) is 6.04 Å². The quantitative estimate of drug-likeness (QED) is 0.337. The van der Waals surface area contributed by atoms with Gasteiger partial charge in [-0.3, -0.25) is 0 Å². The lowest BCUT2D eigenvalue weighted by molar-refractivity contribution is 0.353. The van der Waals surface area contributed by atoms with Crippen molar-refractivity contribution in [1.82, 2.24) is 0 Å². The Morgan fingerprint density at radius 1 is 0.793 bits per heavy atom. The van der Waals surface area contributed by atoms with E-state index in [2.05, 4.69) is 85.5 Å². The van der Waals surface area contributed by atoms with E-state index in [0.717, 1.165) is 17.1 Å². The zero-order valence-electron chi connectivity index (χ0n) is 17.1. The lowest BCUT2D eigenvalue weighted by atomic mass is 9.75. The first-order chi connectivity index (χ1) is 14.2. The largest absolute Gasteiger partial charge is 0.454 e. The second-order valence-corrected chi connectivity index (χ2v) is 9.13. The predicted molar refractivity (Wildman–Crippen MR) is 121 cm³/mol. The minimum Gasteiger partial charge on any atom is -0.454 e. The van der Waals surface area contributed by atoms with Crippen molar-refractivity contribution in [2.45, 2.75) is 45.1 Å². The van der Waals surface area contributed by atoms with Gasteiger partial charge in [0, 0.05) is 22.5 Å². The topological polar surface area (TPSA) is 16.4 Å². The highest BCUT2D eigenvalue weighted by atomic mass is 16.3. The zero-order chi connectivity index (χ0) is 19.5. The first kappa shape index (κ1) is 17.1. The summed E-state index contributed by atoms with van der Waals surface area (Å²) < 4.78 is 6.44. The Morgan fingerprint density at radius 2 is 1.55 bits per heavy atom. The average Bonchev–Trinajstić information content (AvgIpc) is 3.09. The zero-order valence-corrected chi connectivity index (χ0v) is 17.1. The van der Waals surface area contributed by atoms with Crippen LogP contribution in [0.25, 0.3) is 21.9 Å². The monoisotopic (exact) mass is 381 g/mol. The molecule has 6 rings (SSSR count). The first-order valence-corrected chi connectivity index (χ1v) is 11.0. The van der Waals surface area contributed by atoms with E-state index in [4.69, 9.17) is 4.42 Å². The lowest BCUT2D eigenvalue weighted by Crippen LogP contribution is -2.42. The Hall–Kier alpha value is -2.74. The SMILES string of the molecule is CC1CCC2C(C)C(C1)c1ccccc1N2c1cccc2c1oc1ccccc12. The van der Waals surface area contributed by atoms with Crippen molar-refractivity contribution >= 4 is 33.3 Å². The van der Waals surface area contributed by atoms with Gasteiger partial charge in [-0.1, -0.05) is 62.4 Å². The van der Waals surface area contributed by atoms with Crippen LogP contribution in [0.3, 0.4) is 0 Å². The van der Waals surface area contributed by atoms with Crippen LogP contribution in [0.2, 0.25) is 0 Å². The Kier molecular flexibility index (Phi) is 3.77. The number of nitrogens with zero attached hydrogens (tertiary/aromatic N) is 1. The summed E-state index contributed by atoms with van der Waals surface area (Å²) >= 11 is 0. The molecule has 4 aromatic rings. The number of anilines is 2. The summed E-state index contributed by atoms with van der Waals surface area (Å²) in [5, 5.41) is 2.42. The average molecular weight is 382 g/mol. The lowest BCUT2D eigenvalue weighted by Gasteiger charge is -2.45. The normalized spacial score (nSPS) is 26.5. The van der Waals surface area contributed by atoms with E-state index in [0.29, 0.717) is 17.9 Å². The number of rotatable bonds is 1. The van der Waals surface area contributed by atoms with Crippen molar-refractivity contribution in [3.8, 4) is 0 Å². The number of hydrogen-bond acceptors (Lipinski definition) is 2. The number of benzene rings is 3. The first-order valence-electron chi connectivity index (χ1n) is 11.0. The van der Waals surface area contributed by atoms with Gasteiger partial charge in [-0.2, -0.15) is 0 Å². The summed E-state index contributed by atoms with van der Waals surface area (Å²) in [4.78, 5) is 2.61. The maximum absolute atomic E-state index is 6.44. The van der Waals surface area contributed by atoms with Crippen LogP contribution in [0.5, 0.6) is 0 Å². The van der Waals surface area contributed by atoms with Crippen LogP contribution in [0.15, 0.2) is 71.1 Å². The third-order valence-corrected chi connectivity index (χ3v) is 7.42. The Bertz CT molecular complexity index is 1210. The summed E-state index contributed by atoms with van der Waals surface area (Å²) in [6.07, 6.45) is 3.84. The molecule has 4 unspecified atom stereocenters. The Labute approximate surface area is 172 Å². The van der Waals surface area contributed by atoms with Gasteiger partial charge in [-0.15, -0.1) is 0 Å². The van der Waals surface area contributed by atoms with Gasteiger partial charge in [-0.25, -0.2) is 0 Å². The molecule has 4 atom stereocenters. The summed E-state index contributed by atoms with van der Waals surface area (Å²) in [7, 11) is 0. The van der Waals surface area contributed by atoms with E-state index in [1.807, 2.05) is 0 Å². The third kappa shape index (κ3) is 2.48. The van der Waals surface area contributed by atoms with E-state index in [9.17, 15) is 0 Å². The van der Waals surface area contributed by atoms with Crippen molar-refractivity contribution in [1.29, 1.82) is 0 Å². The molecule has 3 aromatic carbocycles. The highest BCUT2D eigenvalue weighted by Crippen LogP contribution is 2.52. The maximum Gasteiger partial charge on any atom is 0.159 e. The molecule has 1 aromatic heterocycles. The minimum atomic E-state index is 0.513. The van der Waals surface area contributed by atoms with Gasteiger partial charge in [0.1, 0.15) is 5.58 Å². The molecule has 29 heavy (non-hydrogen) atoms. The fourth-order valence-corrected chi connectivity index (χ4v) is 5.96. The van der Waals surface area contributed by atoms with E-state index in [1.165, 1.54) is 47.0 Å². The van der Waals surface area contributed by atoms with Gasteiger partial charge in [0.05, 0.1) is 5.69 Å². The molecular formula is C27H27NO. The molecule has 146 valence electrons. The number of hydrogen-bond donors (Lipinski definition) is 0. The summed E-state index contributed by atoms with van der Waals surface area (Å²) in [5.74, 6) is 2.07. The second kappa shape index (κ2) is 6.38. The van der Waals surface area contributed by atoms with Crippen LogP contribution < -0.4 is 4.90 Å². The van der Waals surface area contributed by atoms with Crippen LogP contribution in [0, 0.1) is 11.8 Å². The van der Waals surface area contributed by atoms with Crippen molar-refractivity contribution < 1.29 is 4.42 Å². The van der Waals surface area contributed by atoms with Crippen LogP contribution >= 0.6 is 0 Å². The van der Waals surface area contributed by atoms with Gasteiger partial charge in [0.2, 0.25) is 0 Å². The maximum atomic E-state index is 6.44. The third-order valence-electron chi connectivity index (χ3n) is 7.42. The van der Waals surface area contributed by atoms with E-state index < -0.39 is 0 Å². The molecule has 1 fully saturated rings. The van der Waals surface area contributed by atoms with Crippen LogP contribution in [-0.2, 0) is 0 Å². The van der Waals surface area contributed by atoms with Crippen molar-refractivity contribution in [2.24, 2.45) is 11.8 Å². The molecule has 2 bridgehead atoms. The molecule has 0 spiro atoms. The fourth-order valence-electron chi connectivity index (χ4n) is 5.96. The number of furan rings is 1. The standard InChI is InChI=1S/C27H27NO/c1-17-14-15-23-18(2)22(16-17)19-8-3-5-11-24(19)28(23)25-12-7-10-21-20-9-4-6-13-26(20)29-27(21)25/h3-13,17-18,22-23H,14-16H2,1-2H3. The molecule has 0 amide bonds. The highest BCUT2D eigenvalue weighted by Gasteiger charge is 2.42. The molecule has 0 radical (unpaired) electrons. The van der Waals surface area contributed by atoms with Crippen molar-refractivity contribution in [3.63, 3.8) is 0 Å². The molecule has 1 aliphatic heterocycles. The number of para-hydroxylation sites is 3. The van der Waals surface area contributed by atoms with Gasteiger partial charge in [0.25, 0.3) is 0 Å². The number of fused-ring (bicyclic) bond motifs is 7. The van der Waals surface area contributed by atoms with Gasteiger partial charge in [0.15, 0.2) is 5.58 Å². The summed E-state index contributed by atoms with van der Waals surface area (Å²) in [5.41, 5.74) is 6.10. The fraction of sp³-hybridized carbons (Fsp3) is 0.333. The molecule has 2 heterocycles. The Balaban J connectivity index is 1.63. The van der Waals surface area contributed by atoms with Crippen molar-refractivity contribution in [3.05, 3.63) is 72.3 Å². The molecule has 2 nitrogen and oxygen atoms in total. The van der Waals surface area contributed by atoms with Crippen LogP contribution in [0.4, 0.5) is 11.4 Å². The molecule has 1 aliphatic carbocycles. The van der Waals surface area contributed by atoms with Crippen molar-refractivity contribution in [2.75, 3.05) is 4.90 Å². The van der Waals surface area contributed by atoms with E-state index >= 15 is 0 Å². The molecule has 2 aliphatic rings. The second-order valence-electron chi connectivity index (χ2n) is 9.13. The van der Waals surface area contributed by atoms with Gasteiger partial charge < -0.3 is 9.32 Å². The van der Waals surface area contributed by atoms with E-state index in [1.54, 1.807) is 0 Å². The predicted octanol–water partition coefficient (Wildman–Crippen LogP) is 7.65. The molecular weight excluding hydrogens is 354 g/mol. The molecule has 0 N–H and O–H groups in total. The molecule has 1 saturated carbocycles. The Morgan fingerprint density at radius 3 is 2.48 bits per heavy atom. The highest BCUT2D eigenvalue weighted by molar-refractivity contribution is 6.09. The summed E-state index contributed by atoms with van der Waals surface area (Å²) in [6.45, 7) is 4.90. The van der Waals surface area contributed by atoms with Crippen LogP contribution in [0.1, 0.15) is 44.6 Å². The minimum absolute atomic E-state index is 0.513. The van der Waals surface area contributed by atoms with E-state index in [-0.39, 0.29) is 0 Å². The van der Waals surface area contributed by atoms with Gasteiger partial charge in [-0.05, 0) is 60.8 Å². The van der Waals surface area contributed by atoms with Gasteiger partial charge >= 0.3 is 0 Å². The summed E-state index contributed by atoms with van der Waals surface area (Å²) in [6, 6.07) is 24.6. The smallest absolute Gasteiger partial charge is 0.159 e. The molecule has 0 saturated heterocycles.